The third-order valence-electron chi connectivity index (χ3n) is 3.07. The summed E-state index contributed by atoms with van der Waals surface area (Å²) < 4.78 is 5.48. The van der Waals surface area contributed by atoms with Gasteiger partial charge in [0.1, 0.15) is 5.75 Å². The van der Waals surface area contributed by atoms with Crippen molar-refractivity contribution < 1.29 is 9.53 Å². The van der Waals surface area contributed by atoms with E-state index in [1.165, 1.54) is 6.42 Å². The molecule has 1 aromatic carbocycles. The Morgan fingerprint density at radius 3 is 2.83 bits per heavy atom. The van der Waals surface area contributed by atoms with Gasteiger partial charge in [0.2, 0.25) is 0 Å². The average Bonchev–Trinajstić information content (AvgIpc) is 2.46. The van der Waals surface area contributed by atoms with Gasteiger partial charge in [0.05, 0.1) is 0 Å². The minimum Gasteiger partial charge on any atom is -0.484 e. The number of benzene rings is 1. The second kappa shape index (κ2) is 6.11. The van der Waals surface area contributed by atoms with Gasteiger partial charge in [-0.05, 0) is 37.5 Å². The largest absolute Gasteiger partial charge is 0.484 e. The molecular formula is C15H17NO2. The average molecular weight is 243 g/mol. The van der Waals surface area contributed by atoms with Crippen molar-refractivity contribution in [2.24, 2.45) is 0 Å². The molecule has 2 rings (SSSR count). The molecule has 1 aliphatic rings. The maximum Gasteiger partial charge on any atom is 0.260 e. The third kappa shape index (κ3) is 3.27. The molecule has 1 aliphatic heterocycles. The Morgan fingerprint density at radius 2 is 2.11 bits per heavy atom. The van der Waals surface area contributed by atoms with Crippen molar-refractivity contribution in [2.75, 3.05) is 19.7 Å². The predicted octanol–water partition coefficient (Wildman–Crippen LogP) is 2.06. The lowest BCUT2D eigenvalue weighted by Crippen LogP contribution is -2.38. The highest BCUT2D eigenvalue weighted by Gasteiger charge is 2.16. The highest BCUT2D eigenvalue weighted by molar-refractivity contribution is 5.77. The van der Waals surface area contributed by atoms with E-state index in [0.29, 0.717) is 5.75 Å². The molecule has 18 heavy (non-hydrogen) atoms. The lowest BCUT2D eigenvalue weighted by Gasteiger charge is -2.26. The molecule has 0 bridgehead atoms. The van der Waals surface area contributed by atoms with Gasteiger partial charge in [0.25, 0.3) is 5.91 Å². The van der Waals surface area contributed by atoms with E-state index in [4.69, 9.17) is 11.2 Å². The molecule has 0 aliphatic carbocycles. The van der Waals surface area contributed by atoms with Crippen LogP contribution in [0.25, 0.3) is 0 Å². The van der Waals surface area contributed by atoms with Crippen molar-refractivity contribution in [1.29, 1.82) is 0 Å². The summed E-state index contributed by atoms with van der Waals surface area (Å²) in [6, 6.07) is 7.24. The fourth-order valence-electron chi connectivity index (χ4n) is 2.06. The summed E-state index contributed by atoms with van der Waals surface area (Å²) in [5.41, 5.74) is 0.762. The molecule has 0 spiro atoms. The van der Waals surface area contributed by atoms with Crippen molar-refractivity contribution in [1.82, 2.24) is 4.90 Å². The standard InChI is InChI=1S/C15H17NO2/c1-2-13-7-6-8-14(11-13)18-12-15(17)16-9-4-3-5-10-16/h1,6-8,11H,3-5,9-10,12H2. The molecule has 0 unspecified atom stereocenters. The van der Waals surface area contributed by atoms with Crippen molar-refractivity contribution in [2.45, 2.75) is 19.3 Å². The molecule has 0 aromatic heterocycles. The summed E-state index contributed by atoms with van der Waals surface area (Å²) in [4.78, 5) is 13.8. The van der Waals surface area contributed by atoms with Gasteiger partial charge in [0, 0.05) is 18.7 Å². The molecule has 0 atom stereocenters. The van der Waals surface area contributed by atoms with Crippen LogP contribution in [0.1, 0.15) is 24.8 Å². The van der Waals surface area contributed by atoms with Crippen LogP contribution in [-0.2, 0) is 4.79 Å². The number of carbonyl (C=O) groups excluding carboxylic acids is 1. The molecule has 94 valence electrons. The Kier molecular flexibility index (Phi) is 4.25. The van der Waals surface area contributed by atoms with Crippen LogP contribution in [0.5, 0.6) is 5.75 Å². The lowest BCUT2D eigenvalue weighted by atomic mass is 10.1. The monoisotopic (exact) mass is 243 g/mol. The van der Waals surface area contributed by atoms with E-state index in [1.54, 1.807) is 6.07 Å². The number of rotatable bonds is 3. The maximum atomic E-state index is 11.9. The number of hydrogen-bond acceptors (Lipinski definition) is 2. The molecule has 0 N–H and O–H groups in total. The Hall–Kier alpha value is -1.95. The molecule has 1 aromatic rings. The maximum absolute atomic E-state index is 11.9. The van der Waals surface area contributed by atoms with Crippen LogP contribution < -0.4 is 4.74 Å². The Bertz CT molecular complexity index is 456. The molecule has 0 saturated carbocycles. The number of likely N-dealkylation sites (tertiary alicyclic amines) is 1. The number of terminal acetylenes is 1. The first kappa shape index (κ1) is 12.5. The van der Waals surface area contributed by atoms with Gasteiger partial charge >= 0.3 is 0 Å². The first-order valence-electron chi connectivity index (χ1n) is 6.27. The third-order valence-corrected chi connectivity index (χ3v) is 3.07. The summed E-state index contributed by atoms with van der Waals surface area (Å²) in [5, 5.41) is 0. The SMILES string of the molecule is C#Cc1cccc(OCC(=O)N2CCCCC2)c1. The second-order valence-corrected chi connectivity index (χ2v) is 4.40. The number of carbonyl (C=O) groups is 1. The van der Waals surface area contributed by atoms with E-state index >= 15 is 0 Å². The normalized spacial score (nSPS) is 14.9. The smallest absolute Gasteiger partial charge is 0.260 e. The Morgan fingerprint density at radius 1 is 1.33 bits per heavy atom. The summed E-state index contributed by atoms with van der Waals surface area (Å²) in [5.74, 6) is 3.25. The van der Waals surface area contributed by atoms with Crippen molar-refractivity contribution in [3.63, 3.8) is 0 Å². The van der Waals surface area contributed by atoms with Crippen LogP contribution in [-0.4, -0.2) is 30.5 Å². The molecule has 0 radical (unpaired) electrons. The number of hydrogen-bond donors (Lipinski definition) is 0. The van der Waals surface area contributed by atoms with E-state index in [2.05, 4.69) is 5.92 Å². The van der Waals surface area contributed by atoms with Crippen molar-refractivity contribution in [3.8, 4) is 18.1 Å². The van der Waals surface area contributed by atoms with E-state index < -0.39 is 0 Å². The van der Waals surface area contributed by atoms with Crippen LogP contribution in [0.15, 0.2) is 24.3 Å². The summed E-state index contributed by atoms with van der Waals surface area (Å²) in [6.45, 7) is 1.80. The molecule has 3 nitrogen and oxygen atoms in total. The van der Waals surface area contributed by atoms with Gasteiger partial charge in [-0.3, -0.25) is 4.79 Å². The highest BCUT2D eigenvalue weighted by atomic mass is 16.5. The van der Waals surface area contributed by atoms with Crippen LogP contribution in [0, 0.1) is 12.3 Å². The van der Waals surface area contributed by atoms with Crippen LogP contribution in [0.2, 0.25) is 0 Å². The van der Waals surface area contributed by atoms with Gasteiger partial charge < -0.3 is 9.64 Å². The minimum absolute atomic E-state index is 0.0563. The molecule has 1 saturated heterocycles. The van der Waals surface area contributed by atoms with Gasteiger partial charge in [-0.25, -0.2) is 0 Å². The van der Waals surface area contributed by atoms with E-state index in [1.807, 2.05) is 23.1 Å². The summed E-state index contributed by atoms with van der Waals surface area (Å²) in [6.07, 6.45) is 8.72. The molecule has 3 heteroatoms. The highest BCUT2D eigenvalue weighted by Crippen LogP contribution is 2.13. The molecule has 1 amide bonds. The van der Waals surface area contributed by atoms with Crippen LogP contribution in [0.3, 0.4) is 0 Å². The molecular weight excluding hydrogens is 226 g/mol. The van der Waals surface area contributed by atoms with Crippen LogP contribution >= 0.6 is 0 Å². The van der Waals surface area contributed by atoms with Crippen molar-refractivity contribution in [3.05, 3.63) is 29.8 Å². The predicted molar refractivity (Wildman–Crippen MR) is 70.3 cm³/mol. The fourth-order valence-corrected chi connectivity index (χ4v) is 2.06. The minimum atomic E-state index is 0.0563. The van der Waals surface area contributed by atoms with Gasteiger partial charge in [-0.15, -0.1) is 6.42 Å². The van der Waals surface area contributed by atoms with Crippen molar-refractivity contribution >= 4 is 5.91 Å². The van der Waals surface area contributed by atoms with Gasteiger partial charge in [-0.2, -0.15) is 0 Å². The number of nitrogens with zero attached hydrogens (tertiary/aromatic N) is 1. The summed E-state index contributed by atoms with van der Waals surface area (Å²) in [7, 11) is 0. The number of piperidine rings is 1. The molecule has 1 fully saturated rings. The zero-order valence-corrected chi connectivity index (χ0v) is 10.4. The van der Waals surface area contributed by atoms with Crippen LogP contribution in [0.4, 0.5) is 0 Å². The lowest BCUT2D eigenvalue weighted by molar-refractivity contribution is -0.134. The zero-order valence-electron chi connectivity index (χ0n) is 10.4. The van der Waals surface area contributed by atoms with E-state index in [0.717, 1.165) is 31.5 Å². The number of amides is 1. The first-order chi connectivity index (χ1) is 8.79. The Balaban J connectivity index is 1.86. The summed E-state index contributed by atoms with van der Waals surface area (Å²) >= 11 is 0. The Labute approximate surface area is 108 Å². The van der Waals surface area contributed by atoms with Gasteiger partial charge in [-0.1, -0.05) is 12.0 Å². The van der Waals surface area contributed by atoms with E-state index in [-0.39, 0.29) is 12.5 Å². The quantitative estimate of drug-likeness (QED) is 0.760. The fraction of sp³-hybridized carbons (Fsp3) is 0.400. The number of ether oxygens (including phenoxy) is 1. The zero-order chi connectivity index (χ0) is 12.8. The second-order valence-electron chi connectivity index (χ2n) is 4.40. The topological polar surface area (TPSA) is 29.5 Å². The van der Waals surface area contributed by atoms with E-state index in [9.17, 15) is 4.79 Å². The van der Waals surface area contributed by atoms with Gasteiger partial charge in [0.15, 0.2) is 6.61 Å². The first-order valence-corrected chi connectivity index (χ1v) is 6.27. The molecule has 1 heterocycles.